The van der Waals surface area contributed by atoms with Gasteiger partial charge in [0.05, 0.1) is 19.1 Å². The van der Waals surface area contributed by atoms with Crippen LogP contribution in [0.4, 0.5) is 0 Å². The molecule has 1 aromatic carbocycles. The average molecular weight is 273 g/mol. The second-order valence-electron chi connectivity index (χ2n) is 3.35. The number of carbonyl (C=O) groups is 1. The van der Waals surface area contributed by atoms with Crippen molar-refractivity contribution in [2.75, 3.05) is 0 Å². The highest BCUT2D eigenvalue weighted by Crippen LogP contribution is 2.12. The van der Waals surface area contributed by atoms with E-state index in [1.165, 1.54) is 0 Å². The Morgan fingerprint density at radius 2 is 2.07 bits per heavy atom. The van der Waals surface area contributed by atoms with Crippen molar-refractivity contribution < 1.29 is 14.6 Å². The maximum atomic E-state index is 10.4. The third-order valence-corrected chi connectivity index (χ3v) is 2.44. The summed E-state index contributed by atoms with van der Waals surface area (Å²) in [7, 11) is 0. The van der Waals surface area contributed by atoms with Crippen molar-refractivity contribution in [1.82, 2.24) is 0 Å². The predicted octanol–water partition coefficient (Wildman–Crippen LogP) is 2.83. The lowest BCUT2D eigenvalue weighted by Gasteiger charge is -2.10. The molecule has 4 heteroatoms. The van der Waals surface area contributed by atoms with Gasteiger partial charge in [-0.15, -0.1) is 0 Å². The van der Waals surface area contributed by atoms with Crippen LogP contribution in [0, 0.1) is 0 Å². The molecule has 3 nitrogen and oxygen atoms in total. The Bertz CT molecular complexity index is 321. The summed E-state index contributed by atoms with van der Waals surface area (Å²) >= 11 is 3.34. The fourth-order valence-corrected chi connectivity index (χ4v) is 1.39. The molecule has 1 atom stereocenters. The lowest BCUT2D eigenvalue weighted by atomic mass is 10.2. The number of carboxylic acid groups (broad SMARTS) is 1. The molecule has 1 N–H and O–H groups in total. The van der Waals surface area contributed by atoms with E-state index < -0.39 is 5.97 Å². The summed E-state index contributed by atoms with van der Waals surface area (Å²) in [5, 5.41) is 8.53. The quantitative estimate of drug-likeness (QED) is 0.897. The minimum absolute atomic E-state index is 0.0382. The second-order valence-corrected chi connectivity index (χ2v) is 4.26. The molecule has 0 aromatic heterocycles. The maximum Gasteiger partial charge on any atom is 0.305 e. The smallest absolute Gasteiger partial charge is 0.305 e. The number of carboxylic acids is 1. The van der Waals surface area contributed by atoms with Crippen LogP contribution in [-0.2, 0) is 16.1 Å². The first kappa shape index (κ1) is 12.2. The van der Waals surface area contributed by atoms with Crippen LogP contribution in [0.25, 0.3) is 0 Å². The highest BCUT2D eigenvalue weighted by Gasteiger charge is 2.07. The van der Waals surface area contributed by atoms with Crippen LogP contribution in [0.1, 0.15) is 18.9 Å². The summed E-state index contributed by atoms with van der Waals surface area (Å²) in [6, 6.07) is 7.75. The molecule has 0 fully saturated rings. The fourth-order valence-electron chi connectivity index (χ4n) is 1.12. The molecule has 0 aliphatic heterocycles. The van der Waals surface area contributed by atoms with Gasteiger partial charge in [0.2, 0.25) is 0 Å². The summed E-state index contributed by atoms with van der Waals surface area (Å²) in [4.78, 5) is 10.4. The van der Waals surface area contributed by atoms with E-state index >= 15 is 0 Å². The van der Waals surface area contributed by atoms with E-state index in [2.05, 4.69) is 15.9 Å². The number of halogens is 1. The topological polar surface area (TPSA) is 46.5 Å². The standard InChI is InChI=1S/C11H13BrO3/c1-8(6-11(13)14)15-7-9-2-4-10(12)5-3-9/h2-5,8H,6-7H2,1H3,(H,13,14)/t8-/m0/s1. The third-order valence-electron chi connectivity index (χ3n) is 1.91. The van der Waals surface area contributed by atoms with E-state index in [0.29, 0.717) is 6.61 Å². The Morgan fingerprint density at radius 3 is 2.60 bits per heavy atom. The molecular formula is C11H13BrO3. The van der Waals surface area contributed by atoms with Crippen molar-refractivity contribution in [3.05, 3.63) is 34.3 Å². The normalized spacial score (nSPS) is 12.4. The molecule has 1 rings (SSSR count). The average Bonchev–Trinajstić information content (AvgIpc) is 2.16. The SMILES string of the molecule is C[C@@H](CC(=O)O)OCc1ccc(Br)cc1. The molecular weight excluding hydrogens is 260 g/mol. The number of rotatable bonds is 5. The first-order valence-corrected chi connectivity index (χ1v) is 5.45. The van der Waals surface area contributed by atoms with Gasteiger partial charge in [0.25, 0.3) is 0 Å². The zero-order valence-electron chi connectivity index (χ0n) is 8.44. The van der Waals surface area contributed by atoms with Crippen molar-refractivity contribution in [2.24, 2.45) is 0 Å². The van der Waals surface area contributed by atoms with Gasteiger partial charge < -0.3 is 9.84 Å². The first-order chi connectivity index (χ1) is 7.08. The summed E-state index contributed by atoms with van der Waals surface area (Å²) in [5.74, 6) is -0.835. The van der Waals surface area contributed by atoms with E-state index in [0.717, 1.165) is 10.0 Å². The van der Waals surface area contributed by atoms with E-state index in [4.69, 9.17) is 9.84 Å². The monoisotopic (exact) mass is 272 g/mol. The Hall–Kier alpha value is -0.870. The van der Waals surface area contributed by atoms with Gasteiger partial charge in [0, 0.05) is 4.47 Å². The molecule has 0 amide bonds. The van der Waals surface area contributed by atoms with Crippen LogP contribution in [0.5, 0.6) is 0 Å². The molecule has 0 heterocycles. The van der Waals surface area contributed by atoms with Gasteiger partial charge >= 0.3 is 5.97 Å². The van der Waals surface area contributed by atoms with Crippen molar-refractivity contribution in [3.8, 4) is 0 Å². The number of aliphatic carboxylic acids is 1. The number of benzene rings is 1. The van der Waals surface area contributed by atoms with Crippen LogP contribution < -0.4 is 0 Å². The Morgan fingerprint density at radius 1 is 1.47 bits per heavy atom. The minimum atomic E-state index is -0.835. The summed E-state index contributed by atoms with van der Waals surface area (Å²) in [6.45, 7) is 2.20. The first-order valence-electron chi connectivity index (χ1n) is 4.66. The zero-order chi connectivity index (χ0) is 11.3. The molecule has 1 aromatic rings. The van der Waals surface area contributed by atoms with Gasteiger partial charge in [-0.1, -0.05) is 28.1 Å². The predicted molar refractivity (Wildman–Crippen MR) is 60.6 cm³/mol. The van der Waals surface area contributed by atoms with Gasteiger partial charge in [-0.25, -0.2) is 0 Å². The third kappa shape index (κ3) is 4.95. The second kappa shape index (κ2) is 5.88. The molecule has 82 valence electrons. The van der Waals surface area contributed by atoms with Gasteiger partial charge in [0.15, 0.2) is 0 Å². The molecule has 0 saturated heterocycles. The molecule has 0 aliphatic carbocycles. The Balaban J connectivity index is 2.36. The molecule has 0 spiro atoms. The van der Waals surface area contributed by atoms with Gasteiger partial charge in [-0.3, -0.25) is 4.79 Å². The fraction of sp³-hybridized carbons (Fsp3) is 0.364. The van der Waals surface area contributed by atoms with E-state index in [1.54, 1.807) is 6.92 Å². The molecule has 0 unspecified atom stereocenters. The van der Waals surface area contributed by atoms with E-state index in [1.807, 2.05) is 24.3 Å². The summed E-state index contributed by atoms with van der Waals surface area (Å²) in [6.07, 6.45) is -0.220. The zero-order valence-corrected chi connectivity index (χ0v) is 10.0. The molecule has 0 radical (unpaired) electrons. The van der Waals surface area contributed by atoms with Crippen LogP contribution in [0.15, 0.2) is 28.7 Å². The highest BCUT2D eigenvalue weighted by molar-refractivity contribution is 9.10. The summed E-state index contributed by atoms with van der Waals surface area (Å²) < 4.78 is 6.40. The largest absolute Gasteiger partial charge is 0.481 e. The van der Waals surface area contributed by atoms with Gasteiger partial charge in [-0.2, -0.15) is 0 Å². The Kier molecular flexibility index (Phi) is 4.78. The van der Waals surface area contributed by atoms with Crippen LogP contribution >= 0.6 is 15.9 Å². The van der Waals surface area contributed by atoms with Gasteiger partial charge in [-0.05, 0) is 24.6 Å². The highest BCUT2D eigenvalue weighted by atomic mass is 79.9. The van der Waals surface area contributed by atoms with Crippen molar-refractivity contribution in [1.29, 1.82) is 0 Å². The van der Waals surface area contributed by atoms with Crippen LogP contribution in [-0.4, -0.2) is 17.2 Å². The maximum absolute atomic E-state index is 10.4. The molecule has 0 saturated carbocycles. The van der Waals surface area contributed by atoms with E-state index in [-0.39, 0.29) is 12.5 Å². The number of hydrogen-bond donors (Lipinski definition) is 1. The lowest BCUT2D eigenvalue weighted by molar-refractivity contribution is -0.140. The number of hydrogen-bond acceptors (Lipinski definition) is 2. The van der Waals surface area contributed by atoms with E-state index in [9.17, 15) is 4.79 Å². The van der Waals surface area contributed by atoms with Crippen LogP contribution in [0.3, 0.4) is 0 Å². The molecule has 15 heavy (non-hydrogen) atoms. The Labute approximate surface area is 97.2 Å². The summed E-state index contributed by atoms with van der Waals surface area (Å²) in [5.41, 5.74) is 1.04. The minimum Gasteiger partial charge on any atom is -0.481 e. The van der Waals surface area contributed by atoms with Crippen molar-refractivity contribution >= 4 is 21.9 Å². The lowest BCUT2D eigenvalue weighted by Crippen LogP contribution is -2.13. The molecule has 0 aliphatic rings. The van der Waals surface area contributed by atoms with Crippen molar-refractivity contribution in [2.45, 2.75) is 26.1 Å². The number of ether oxygens (including phenoxy) is 1. The van der Waals surface area contributed by atoms with Gasteiger partial charge in [0.1, 0.15) is 0 Å². The molecule has 0 bridgehead atoms. The van der Waals surface area contributed by atoms with Crippen LogP contribution in [0.2, 0.25) is 0 Å². The van der Waals surface area contributed by atoms with Crippen molar-refractivity contribution in [3.63, 3.8) is 0 Å².